The lowest BCUT2D eigenvalue weighted by Gasteiger charge is -2.19. The molecule has 0 spiro atoms. The lowest BCUT2D eigenvalue weighted by Crippen LogP contribution is -2.29. The zero-order chi connectivity index (χ0) is 11.4. The molecule has 16 heavy (non-hydrogen) atoms. The molecule has 0 saturated heterocycles. The maximum atomic E-state index is 3.62. The lowest BCUT2D eigenvalue weighted by molar-refractivity contribution is 0.404. The molecular weight excluding hydrogens is 282 g/mol. The van der Waals surface area contributed by atoms with Crippen LogP contribution in [0.1, 0.15) is 37.0 Å². The van der Waals surface area contributed by atoms with E-state index >= 15 is 0 Å². The van der Waals surface area contributed by atoms with Crippen molar-refractivity contribution in [2.45, 2.75) is 44.6 Å². The molecule has 0 bridgehead atoms. The van der Waals surface area contributed by atoms with Gasteiger partial charge in [-0.3, -0.25) is 0 Å². The van der Waals surface area contributed by atoms with E-state index in [9.17, 15) is 0 Å². The van der Waals surface area contributed by atoms with Crippen LogP contribution in [0.25, 0.3) is 0 Å². The SMILES string of the molecule is CNC(Cc1sccc1Br)CC1CCCC1. The number of halogens is 1. The largest absolute Gasteiger partial charge is 0.317 e. The minimum absolute atomic E-state index is 0.651. The molecule has 0 aliphatic heterocycles. The highest BCUT2D eigenvalue weighted by molar-refractivity contribution is 9.10. The molecule has 0 amide bonds. The fraction of sp³-hybridized carbons (Fsp3) is 0.692. The molecule has 1 unspecified atom stereocenters. The third-order valence-corrected chi connectivity index (χ3v) is 5.57. The summed E-state index contributed by atoms with van der Waals surface area (Å²) in [5, 5.41) is 5.65. The van der Waals surface area contributed by atoms with Crippen molar-refractivity contribution in [3.05, 3.63) is 20.8 Å². The second-order valence-corrected chi connectivity index (χ2v) is 6.62. The van der Waals surface area contributed by atoms with Gasteiger partial charge in [0.25, 0.3) is 0 Å². The Morgan fingerprint density at radius 2 is 2.25 bits per heavy atom. The van der Waals surface area contributed by atoms with Gasteiger partial charge in [-0.15, -0.1) is 11.3 Å². The van der Waals surface area contributed by atoms with Crippen LogP contribution in [0.15, 0.2) is 15.9 Å². The van der Waals surface area contributed by atoms with Gasteiger partial charge < -0.3 is 5.32 Å². The number of hydrogen-bond donors (Lipinski definition) is 1. The Hall–Kier alpha value is 0.140. The monoisotopic (exact) mass is 301 g/mol. The smallest absolute Gasteiger partial charge is 0.0314 e. The number of hydrogen-bond acceptors (Lipinski definition) is 2. The molecule has 2 rings (SSSR count). The minimum Gasteiger partial charge on any atom is -0.317 e. The first-order valence-corrected chi connectivity index (χ1v) is 7.86. The van der Waals surface area contributed by atoms with E-state index in [4.69, 9.17) is 0 Å². The van der Waals surface area contributed by atoms with Gasteiger partial charge in [0.05, 0.1) is 0 Å². The van der Waals surface area contributed by atoms with Crippen molar-refractivity contribution in [3.63, 3.8) is 0 Å². The van der Waals surface area contributed by atoms with Gasteiger partial charge in [-0.1, -0.05) is 25.7 Å². The van der Waals surface area contributed by atoms with Gasteiger partial charge in [-0.2, -0.15) is 0 Å². The summed E-state index contributed by atoms with van der Waals surface area (Å²) >= 11 is 5.48. The second kappa shape index (κ2) is 6.18. The number of likely N-dealkylation sites (N-methyl/N-ethyl adjacent to an activating group) is 1. The molecule has 1 nitrogen and oxygen atoms in total. The van der Waals surface area contributed by atoms with Crippen molar-refractivity contribution < 1.29 is 0 Å². The van der Waals surface area contributed by atoms with Crippen molar-refractivity contribution in [2.24, 2.45) is 5.92 Å². The van der Waals surface area contributed by atoms with Crippen molar-refractivity contribution >= 4 is 27.3 Å². The molecule has 1 aliphatic carbocycles. The van der Waals surface area contributed by atoms with E-state index in [1.54, 1.807) is 0 Å². The molecule has 1 aromatic rings. The predicted molar refractivity (Wildman–Crippen MR) is 75.1 cm³/mol. The molecule has 1 fully saturated rings. The van der Waals surface area contributed by atoms with Crippen molar-refractivity contribution in [3.8, 4) is 0 Å². The summed E-state index contributed by atoms with van der Waals surface area (Å²) in [6.45, 7) is 0. The highest BCUT2D eigenvalue weighted by Gasteiger charge is 2.20. The third kappa shape index (κ3) is 3.31. The van der Waals surface area contributed by atoms with Gasteiger partial charge in [-0.25, -0.2) is 0 Å². The summed E-state index contributed by atoms with van der Waals surface area (Å²) in [6, 6.07) is 2.81. The summed E-state index contributed by atoms with van der Waals surface area (Å²) < 4.78 is 1.28. The van der Waals surface area contributed by atoms with E-state index in [1.807, 2.05) is 11.3 Å². The van der Waals surface area contributed by atoms with E-state index < -0.39 is 0 Å². The van der Waals surface area contributed by atoms with Crippen molar-refractivity contribution in [2.75, 3.05) is 7.05 Å². The Labute approximate surface area is 111 Å². The van der Waals surface area contributed by atoms with E-state index in [1.165, 1.54) is 47.9 Å². The van der Waals surface area contributed by atoms with Gasteiger partial charge in [0.2, 0.25) is 0 Å². The van der Waals surface area contributed by atoms with Crippen LogP contribution in [0.5, 0.6) is 0 Å². The first kappa shape index (κ1) is 12.6. The van der Waals surface area contributed by atoms with Crippen LogP contribution in [0.4, 0.5) is 0 Å². The van der Waals surface area contributed by atoms with E-state index in [-0.39, 0.29) is 0 Å². The Kier molecular flexibility index (Phi) is 4.86. The van der Waals surface area contributed by atoms with Crippen LogP contribution in [0.2, 0.25) is 0 Å². The number of thiophene rings is 1. The van der Waals surface area contributed by atoms with Gasteiger partial charge >= 0.3 is 0 Å². The maximum Gasteiger partial charge on any atom is 0.0314 e. The van der Waals surface area contributed by atoms with E-state index in [2.05, 4.69) is 39.7 Å². The van der Waals surface area contributed by atoms with Crippen molar-refractivity contribution in [1.82, 2.24) is 5.32 Å². The zero-order valence-corrected chi connectivity index (χ0v) is 12.2. The fourth-order valence-electron chi connectivity index (χ4n) is 2.65. The van der Waals surface area contributed by atoms with Gasteiger partial charge in [0, 0.05) is 15.4 Å². The van der Waals surface area contributed by atoms with Crippen molar-refractivity contribution in [1.29, 1.82) is 0 Å². The molecule has 1 saturated carbocycles. The Morgan fingerprint density at radius 3 is 2.81 bits per heavy atom. The normalized spacial score (nSPS) is 19.1. The minimum atomic E-state index is 0.651. The third-order valence-electron chi connectivity index (χ3n) is 3.62. The van der Waals surface area contributed by atoms with Crippen LogP contribution in [0.3, 0.4) is 0 Å². The zero-order valence-electron chi connectivity index (χ0n) is 9.84. The Bertz CT molecular complexity index is 317. The molecule has 1 aliphatic rings. The first-order valence-electron chi connectivity index (χ1n) is 6.18. The lowest BCUT2D eigenvalue weighted by atomic mass is 9.96. The van der Waals surface area contributed by atoms with Gasteiger partial charge in [-0.05, 0) is 53.2 Å². The molecule has 3 heteroatoms. The van der Waals surface area contributed by atoms with Crippen LogP contribution < -0.4 is 5.32 Å². The predicted octanol–water partition coefficient (Wildman–Crippen LogP) is 4.22. The van der Waals surface area contributed by atoms with Crippen LogP contribution in [0, 0.1) is 5.92 Å². The van der Waals surface area contributed by atoms with Crippen LogP contribution in [-0.4, -0.2) is 13.1 Å². The molecule has 1 N–H and O–H groups in total. The second-order valence-electron chi connectivity index (χ2n) is 4.77. The molecule has 1 atom stereocenters. The standard InChI is InChI=1S/C13H20BrNS/c1-15-11(8-10-4-2-3-5-10)9-13-12(14)6-7-16-13/h6-7,10-11,15H,2-5,8-9H2,1H3. The fourth-order valence-corrected chi connectivity index (χ4v) is 4.24. The number of rotatable bonds is 5. The van der Waals surface area contributed by atoms with E-state index in [0.29, 0.717) is 6.04 Å². The first-order chi connectivity index (χ1) is 7.79. The molecule has 90 valence electrons. The highest BCUT2D eigenvalue weighted by Crippen LogP contribution is 2.31. The summed E-state index contributed by atoms with van der Waals surface area (Å²) in [4.78, 5) is 1.48. The average Bonchev–Trinajstić information content (AvgIpc) is 2.90. The molecule has 1 heterocycles. The maximum absolute atomic E-state index is 3.62. The highest BCUT2D eigenvalue weighted by atomic mass is 79.9. The average molecular weight is 302 g/mol. The quantitative estimate of drug-likeness (QED) is 0.858. The van der Waals surface area contributed by atoms with Crippen LogP contribution >= 0.6 is 27.3 Å². The molecule has 0 radical (unpaired) electrons. The molecule has 1 aromatic heterocycles. The summed E-state index contributed by atoms with van der Waals surface area (Å²) in [5.74, 6) is 0.969. The number of nitrogens with one attached hydrogen (secondary N) is 1. The summed E-state index contributed by atoms with van der Waals surface area (Å²) in [5.41, 5.74) is 0. The summed E-state index contributed by atoms with van der Waals surface area (Å²) in [6.07, 6.45) is 8.31. The Balaban J connectivity index is 1.87. The van der Waals surface area contributed by atoms with Gasteiger partial charge in [0.1, 0.15) is 0 Å². The molecular formula is C13H20BrNS. The molecule has 0 aromatic carbocycles. The summed E-state index contributed by atoms with van der Waals surface area (Å²) in [7, 11) is 2.10. The topological polar surface area (TPSA) is 12.0 Å². The Morgan fingerprint density at radius 1 is 1.50 bits per heavy atom. The van der Waals surface area contributed by atoms with E-state index in [0.717, 1.165) is 5.92 Å². The van der Waals surface area contributed by atoms with Crippen LogP contribution in [-0.2, 0) is 6.42 Å². The van der Waals surface area contributed by atoms with Gasteiger partial charge in [0.15, 0.2) is 0 Å².